The van der Waals surface area contributed by atoms with E-state index >= 15 is 0 Å². The maximum absolute atomic E-state index is 3.73. The summed E-state index contributed by atoms with van der Waals surface area (Å²) in [5, 5.41) is 0. The second-order valence-corrected chi connectivity index (χ2v) is 6.54. The average Bonchev–Trinajstić information content (AvgIpc) is 2.03. The van der Waals surface area contributed by atoms with Gasteiger partial charge in [0.2, 0.25) is 0 Å². The van der Waals surface area contributed by atoms with Crippen LogP contribution >= 0.6 is 15.9 Å². The number of halogens is 1. The zero-order valence-corrected chi connectivity index (χ0v) is 10.8. The van der Waals surface area contributed by atoms with E-state index in [0.717, 1.165) is 22.6 Å². The lowest BCUT2D eigenvalue weighted by Crippen LogP contribution is -2.22. The number of hydrogen-bond donors (Lipinski definition) is 0. The van der Waals surface area contributed by atoms with Crippen molar-refractivity contribution in [3.05, 3.63) is 0 Å². The summed E-state index contributed by atoms with van der Waals surface area (Å²) in [5.74, 6) is 2.84. The van der Waals surface area contributed by atoms with Crippen LogP contribution in [0.4, 0.5) is 0 Å². The Morgan fingerprint density at radius 3 is 2.46 bits per heavy atom. The third kappa shape index (κ3) is 4.01. The molecule has 3 unspecified atom stereocenters. The van der Waals surface area contributed by atoms with Gasteiger partial charge in [0.25, 0.3) is 0 Å². The van der Waals surface area contributed by atoms with Crippen LogP contribution in [-0.2, 0) is 0 Å². The first-order valence-electron chi connectivity index (χ1n) is 5.73. The SMILES string of the molecule is CC(C)CC1CCCC(C(C)Br)C1. The molecule has 1 aliphatic rings. The van der Waals surface area contributed by atoms with Gasteiger partial charge in [-0.25, -0.2) is 0 Å². The van der Waals surface area contributed by atoms with E-state index in [1.54, 1.807) is 0 Å². The fraction of sp³-hybridized carbons (Fsp3) is 1.00. The smallest absolute Gasteiger partial charge is 0.0145 e. The van der Waals surface area contributed by atoms with E-state index in [4.69, 9.17) is 0 Å². The quantitative estimate of drug-likeness (QED) is 0.638. The van der Waals surface area contributed by atoms with Crippen LogP contribution in [0, 0.1) is 17.8 Å². The van der Waals surface area contributed by atoms with E-state index in [1.165, 1.54) is 32.1 Å². The molecule has 0 N–H and O–H groups in total. The monoisotopic (exact) mass is 246 g/mol. The Kier molecular flexibility index (Phi) is 4.78. The normalized spacial score (nSPS) is 32.1. The predicted octanol–water partition coefficient (Wildman–Crippen LogP) is 4.62. The van der Waals surface area contributed by atoms with Crippen LogP contribution in [0.25, 0.3) is 0 Å². The summed E-state index contributed by atoms with van der Waals surface area (Å²) in [7, 11) is 0. The molecule has 1 aliphatic carbocycles. The first-order valence-corrected chi connectivity index (χ1v) is 6.65. The molecule has 1 heteroatoms. The van der Waals surface area contributed by atoms with Crippen molar-refractivity contribution in [3.63, 3.8) is 0 Å². The topological polar surface area (TPSA) is 0 Å². The lowest BCUT2D eigenvalue weighted by molar-refractivity contribution is 0.237. The van der Waals surface area contributed by atoms with Gasteiger partial charge in [0.1, 0.15) is 0 Å². The Bertz CT molecular complexity index is 140. The van der Waals surface area contributed by atoms with Gasteiger partial charge in [-0.15, -0.1) is 0 Å². The molecule has 0 aromatic heterocycles. The molecule has 0 aliphatic heterocycles. The van der Waals surface area contributed by atoms with Gasteiger partial charge in [-0.05, 0) is 37.0 Å². The first-order chi connectivity index (χ1) is 6.09. The molecule has 13 heavy (non-hydrogen) atoms. The highest BCUT2D eigenvalue weighted by Gasteiger charge is 2.24. The van der Waals surface area contributed by atoms with Crippen LogP contribution in [0.1, 0.15) is 52.9 Å². The molecule has 78 valence electrons. The summed E-state index contributed by atoms with van der Waals surface area (Å²) >= 11 is 3.73. The lowest BCUT2D eigenvalue weighted by atomic mass is 9.77. The van der Waals surface area contributed by atoms with Crippen molar-refractivity contribution >= 4 is 15.9 Å². The van der Waals surface area contributed by atoms with E-state index in [0.29, 0.717) is 0 Å². The van der Waals surface area contributed by atoms with Crippen molar-refractivity contribution in [2.45, 2.75) is 57.7 Å². The molecule has 0 heterocycles. The van der Waals surface area contributed by atoms with Gasteiger partial charge in [0, 0.05) is 4.83 Å². The van der Waals surface area contributed by atoms with Crippen molar-refractivity contribution in [1.82, 2.24) is 0 Å². The molecular formula is C12H23Br. The minimum absolute atomic E-state index is 0.725. The highest BCUT2D eigenvalue weighted by atomic mass is 79.9. The van der Waals surface area contributed by atoms with Crippen LogP contribution in [0.5, 0.6) is 0 Å². The van der Waals surface area contributed by atoms with Crippen molar-refractivity contribution in [2.24, 2.45) is 17.8 Å². The summed E-state index contributed by atoms with van der Waals surface area (Å²) in [6.07, 6.45) is 7.29. The average molecular weight is 247 g/mol. The van der Waals surface area contributed by atoms with Crippen LogP contribution < -0.4 is 0 Å². The van der Waals surface area contributed by atoms with Crippen LogP contribution in [0.3, 0.4) is 0 Å². The number of hydrogen-bond acceptors (Lipinski definition) is 0. The maximum Gasteiger partial charge on any atom is 0.0145 e. The Morgan fingerprint density at radius 1 is 1.23 bits per heavy atom. The molecule has 0 radical (unpaired) electrons. The molecule has 0 bridgehead atoms. The lowest BCUT2D eigenvalue weighted by Gasteiger charge is -2.31. The first kappa shape index (κ1) is 11.6. The van der Waals surface area contributed by atoms with Crippen LogP contribution in [-0.4, -0.2) is 4.83 Å². The summed E-state index contributed by atoms with van der Waals surface area (Å²) < 4.78 is 0. The summed E-state index contributed by atoms with van der Waals surface area (Å²) in [5.41, 5.74) is 0. The van der Waals surface area contributed by atoms with Gasteiger partial charge in [-0.3, -0.25) is 0 Å². The van der Waals surface area contributed by atoms with Gasteiger partial charge < -0.3 is 0 Å². The van der Waals surface area contributed by atoms with E-state index in [2.05, 4.69) is 36.7 Å². The third-order valence-electron chi connectivity index (χ3n) is 3.28. The van der Waals surface area contributed by atoms with E-state index < -0.39 is 0 Å². The third-order valence-corrected chi connectivity index (χ3v) is 4.03. The van der Waals surface area contributed by atoms with Crippen LogP contribution in [0.15, 0.2) is 0 Å². The fourth-order valence-electron chi connectivity index (χ4n) is 2.63. The van der Waals surface area contributed by atoms with Crippen molar-refractivity contribution < 1.29 is 0 Å². The highest BCUT2D eigenvalue weighted by molar-refractivity contribution is 9.09. The van der Waals surface area contributed by atoms with Crippen molar-refractivity contribution in [1.29, 1.82) is 0 Å². The molecule has 0 spiro atoms. The molecule has 0 nitrogen and oxygen atoms in total. The standard InChI is InChI=1S/C12H23Br/c1-9(2)7-11-5-4-6-12(8-11)10(3)13/h9-12H,4-8H2,1-3H3. The minimum Gasteiger partial charge on any atom is -0.0891 e. The Balaban J connectivity index is 2.33. The van der Waals surface area contributed by atoms with Gasteiger partial charge in [0.05, 0.1) is 0 Å². The maximum atomic E-state index is 3.73. The molecule has 1 fully saturated rings. The molecule has 0 amide bonds. The zero-order valence-electron chi connectivity index (χ0n) is 9.22. The van der Waals surface area contributed by atoms with Gasteiger partial charge in [0.15, 0.2) is 0 Å². The van der Waals surface area contributed by atoms with E-state index in [-0.39, 0.29) is 0 Å². The molecule has 1 rings (SSSR count). The molecule has 0 aromatic rings. The summed E-state index contributed by atoms with van der Waals surface area (Å²) in [6, 6.07) is 0. The Labute approximate surface area is 91.6 Å². The van der Waals surface area contributed by atoms with Gasteiger partial charge in [-0.1, -0.05) is 49.5 Å². The van der Waals surface area contributed by atoms with E-state index in [1.807, 2.05) is 0 Å². The fourth-order valence-corrected chi connectivity index (χ4v) is 3.11. The minimum atomic E-state index is 0.725. The number of rotatable bonds is 3. The Morgan fingerprint density at radius 2 is 1.92 bits per heavy atom. The predicted molar refractivity (Wildman–Crippen MR) is 63.3 cm³/mol. The van der Waals surface area contributed by atoms with Crippen LogP contribution in [0.2, 0.25) is 0 Å². The summed E-state index contributed by atoms with van der Waals surface area (Å²) in [6.45, 7) is 7.00. The highest BCUT2D eigenvalue weighted by Crippen LogP contribution is 2.36. The van der Waals surface area contributed by atoms with E-state index in [9.17, 15) is 0 Å². The zero-order chi connectivity index (χ0) is 9.84. The molecule has 0 saturated heterocycles. The van der Waals surface area contributed by atoms with Crippen molar-refractivity contribution in [2.75, 3.05) is 0 Å². The van der Waals surface area contributed by atoms with Crippen molar-refractivity contribution in [3.8, 4) is 0 Å². The summed E-state index contributed by atoms with van der Waals surface area (Å²) in [4.78, 5) is 0.725. The second-order valence-electron chi connectivity index (χ2n) is 5.10. The molecule has 3 atom stereocenters. The molecule has 1 saturated carbocycles. The second kappa shape index (κ2) is 5.38. The molecule has 0 aromatic carbocycles. The molecular weight excluding hydrogens is 224 g/mol. The van der Waals surface area contributed by atoms with Gasteiger partial charge >= 0.3 is 0 Å². The largest absolute Gasteiger partial charge is 0.0891 e. The van der Waals surface area contributed by atoms with Gasteiger partial charge in [-0.2, -0.15) is 0 Å². The Hall–Kier alpha value is 0.480. The number of alkyl halides is 1.